The number of aryl methyl sites for hydroxylation is 1. The zero-order valence-electron chi connectivity index (χ0n) is 14.1. The second-order valence-corrected chi connectivity index (χ2v) is 11.7. The second kappa shape index (κ2) is 7.57. The summed E-state index contributed by atoms with van der Waals surface area (Å²) in [4.78, 5) is 0.232. The number of benzene rings is 1. The minimum Gasteiger partial charge on any atom is -0.207 e. The lowest BCUT2D eigenvalue weighted by Crippen LogP contribution is -2.50. The fourth-order valence-electron chi connectivity index (χ4n) is 2.76. The number of hydrogen-bond donors (Lipinski definition) is 0. The molecule has 1 aliphatic rings. The zero-order valence-corrected chi connectivity index (χ0v) is 17.3. The van der Waals surface area contributed by atoms with Crippen molar-refractivity contribution in [2.45, 2.75) is 22.4 Å². The standard InChI is InChI=1S/C16H19ClN2O4S3/c1-2-13-3-5-14(6-4-13)25(20,21)18-9-11-19(12-10-18)26(22,23)16-8-7-15(17)24-16/h3-8H,2,9-12H2,1H3. The van der Waals surface area contributed by atoms with E-state index in [2.05, 4.69) is 0 Å². The molecule has 0 atom stereocenters. The summed E-state index contributed by atoms with van der Waals surface area (Å²) in [6.07, 6.45) is 0.837. The maximum Gasteiger partial charge on any atom is 0.252 e. The first-order valence-electron chi connectivity index (χ1n) is 8.09. The van der Waals surface area contributed by atoms with Gasteiger partial charge in [0.1, 0.15) is 4.21 Å². The minimum absolute atomic E-state index is 0.115. The van der Waals surface area contributed by atoms with E-state index in [1.807, 2.05) is 6.92 Å². The molecule has 142 valence electrons. The average Bonchev–Trinajstić information content (AvgIpc) is 3.09. The smallest absolute Gasteiger partial charge is 0.207 e. The summed E-state index contributed by atoms with van der Waals surface area (Å²) < 4.78 is 54.0. The highest BCUT2D eigenvalue weighted by atomic mass is 35.5. The predicted octanol–water partition coefficient (Wildman–Crippen LogP) is 2.66. The van der Waals surface area contributed by atoms with Gasteiger partial charge in [0.15, 0.2) is 0 Å². The van der Waals surface area contributed by atoms with Crippen LogP contribution in [0.1, 0.15) is 12.5 Å². The van der Waals surface area contributed by atoms with Crippen molar-refractivity contribution in [3.63, 3.8) is 0 Å². The van der Waals surface area contributed by atoms with Crippen molar-refractivity contribution in [1.29, 1.82) is 0 Å². The largest absolute Gasteiger partial charge is 0.252 e. The molecule has 0 radical (unpaired) electrons. The van der Waals surface area contributed by atoms with E-state index in [9.17, 15) is 16.8 Å². The van der Waals surface area contributed by atoms with Crippen molar-refractivity contribution < 1.29 is 16.8 Å². The summed E-state index contributed by atoms with van der Waals surface area (Å²) >= 11 is 6.82. The van der Waals surface area contributed by atoms with Crippen molar-refractivity contribution in [2.24, 2.45) is 0 Å². The number of nitrogens with zero attached hydrogens (tertiary/aromatic N) is 2. The van der Waals surface area contributed by atoms with E-state index in [1.165, 1.54) is 14.7 Å². The van der Waals surface area contributed by atoms with Gasteiger partial charge in [0.2, 0.25) is 10.0 Å². The highest BCUT2D eigenvalue weighted by Gasteiger charge is 2.34. The van der Waals surface area contributed by atoms with Crippen LogP contribution in [0, 0.1) is 0 Å². The molecule has 10 heteroatoms. The first-order chi connectivity index (χ1) is 12.2. The van der Waals surface area contributed by atoms with Gasteiger partial charge in [-0.25, -0.2) is 16.8 Å². The number of piperazine rings is 1. The molecule has 6 nitrogen and oxygen atoms in total. The molecular weight excluding hydrogens is 416 g/mol. The number of halogens is 1. The Labute approximate surface area is 163 Å². The molecule has 2 aromatic rings. The summed E-state index contributed by atoms with van der Waals surface area (Å²) in [6.45, 7) is 2.48. The first kappa shape index (κ1) is 19.8. The van der Waals surface area contributed by atoms with E-state index >= 15 is 0 Å². The Morgan fingerprint density at radius 2 is 1.42 bits per heavy atom. The lowest BCUT2D eigenvalue weighted by Gasteiger charge is -2.33. The van der Waals surface area contributed by atoms with Crippen LogP contribution in [0.5, 0.6) is 0 Å². The fourth-order valence-corrected chi connectivity index (χ4v) is 7.24. The Kier molecular flexibility index (Phi) is 5.76. The van der Waals surface area contributed by atoms with Crippen LogP contribution >= 0.6 is 22.9 Å². The van der Waals surface area contributed by atoms with E-state index in [1.54, 1.807) is 30.3 Å². The molecule has 1 aromatic heterocycles. The third-order valence-electron chi connectivity index (χ3n) is 4.31. The van der Waals surface area contributed by atoms with E-state index in [4.69, 9.17) is 11.6 Å². The molecular formula is C16H19ClN2O4S3. The summed E-state index contributed by atoms with van der Waals surface area (Å²) in [5.74, 6) is 0. The van der Waals surface area contributed by atoms with Gasteiger partial charge in [0, 0.05) is 26.2 Å². The topological polar surface area (TPSA) is 74.8 Å². The number of rotatable bonds is 5. The lowest BCUT2D eigenvalue weighted by molar-refractivity contribution is 0.273. The van der Waals surface area contributed by atoms with Gasteiger partial charge in [-0.05, 0) is 36.2 Å². The molecule has 0 aliphatic carbocycles. The Balaban J connectivity index is 1.73. The van der Waals surface area contributed by atoms with Gasteiger partial charge in [-0.1, -0.05) is 30.7 Å². The summed E-state index contributed by atoms with van der Waals surface area (Å²) in [7, 11) is -7.26. The molecule has 3 rings (SSSR count). The molecule has 0 bridgehead atoms. The maximum atomic E-state index is 12.8. The summed E-state index contributed by atoms with van der Waals surface area (Å²) in [5.41, 5.74) is 1.06. The molecule has 0 N–H and O–H groups in total. The molecule has 1 aliphatic heterocycles. The SMILES string of the molecule is CCc1ccc(S(=O)(=O)N2CCN(S(=O)(=O)c3ccc(Cl)s3)CC2)cc1. The lowest BCUT2D eigenvalue weighted by atomic mass is 10.2. The Bertz CT molecular complexity index is 977. The van der Waals surface area contributed by atoms with Gasteiger partial charge in [-0.15, -0.1) is 11.3 Å². The van der Waals surface area contributed by atoms with Crippen LogP contribution in [0.2, 0.25) is 4.34 Å². The van der Waals surface area contributed by atoms with Gasteiger partial charge < -0.3 is 0 Å². The van der Waals surface area contributed by atoms with Crippen LogP contribution < -0.4 is 0 Å². The molecule has 0 unspecified atom stereocenters. The van der Waals surface area contributed by atoms with Crippen LogP contribution in [0.3, 0.4) is 0 Å². The van der Waals surface area contributed by atoms with Gasteiger partial charge in [0.05, 0.1) is 9.23 Å². The van der Waals surface area contributed by atoms with Crippen LogP contribution in [0.15, 0.2) is 45.5 Å². The van der Waals surface area contributed by atoms with Crippen molar-refractivity contribution >= 4 is 43.0 Å². The van der Waals surface area contributed by atoms with E-state index in [0.717, 1.165) is 23.3 Å². The Morgan fingerprint density at radius 1 is 0.885 bits per heavy atom. The number of thiophene rings is 1. The molecule has 26 heavy (non-hydrogen) atoms. The molecule has 0 saturated carbocycles. The van der Waals surface area contributed by atoms with Gasteiger partial charge in [0.25, 0.3) is 10.0 Å². The van der Waals surface area contributed by atoms with E-state index < -0.39 is 20.0 Å². The van der Waals surface area contributed by atoms with Crippen LogP contribution in [-0.4, -0.2) is 51.6 Å². The monoisotopic (exact) mass is 434 g/mol. The Morgan fingerprint density at radius 3 is 1.88 bits per heavy atom. The minimum atomic E-state index is -3.64. The van der Waals surface area contributed by atoms with Crippen molar-refractivity contribution in [3.8, 4) is 0 Å². The molecule has 1 aromatic carbocycles. The first-order valence-corrected chi connectivity index (χ1v) is 12.2. The summed E-state index contributed by atoms with van der Waals surface area (Å²) in [5, 5.41) is 0. The highest BCUT2D eigenvalue weighted by Crippen LogP contribution is 2.29. The zero-order chi connectivity index (χ0) is 18.9. The van der Waals surface area contributed by atoms with Gasteiger partial charge in [-0.2, -0.15) is 8.61 Å². The molecule has 1 saturated heterocycles. The van der Waals surface area contributed by atoms with Crippen molar-refractivity contribution in [2.75, 3.05) is 26.2 Å². The predicted molar refractivity (Wildman–Crippen MR) is 103 cm³/mol. The second-order valence-electron chi connectivity index (χ2n) is 5.86. The Hall–Kier alpha value is -0.970. The van der Waals surface area contributed by atoms with Crippen LogP contribution in [-0.2, 0) is 26.5 Å². The molecule has 2 heterocycles. The number of sulfonamides is 2. The fraction of sp³-hybridized carbons (Fsp3) is 0.375. The third kappa shape index (κ3) is 3.83. The van der Waals surface area contributed by atoms with Crippen molar-refractivity contribution in [3.05, 3.63) is 46.3 Å². The van der Waals surface area contributed by atoms with E-state index in [0.29, 0.717) is 4.34 Å². The van der Waals surface area contributed by atoms with E-state index in [-0.39, 0.29) is 35.3 Å². The molecule has 0 amide bonds. The van der Waals surface area contributed by atoms with Crippen molar-refractivity contribution in [1.82, 2.24) is 8.61 Å². The van der Waals surface area contributed by atoms with Gasteiger partial charge >= 0.3 is 0 Å². The normalized spacial score (nSPS) is 17.5. The quantitative estimate of drug-likeness (QED) is 0.725. The third-order valence-corrected chi connectivity index (χ3v) is 9.82. The van der Waals surface area contributed by atoms with Crippen LogP contribution in [0.4, 0.5) is 0 Å². The highest BCUT2D eigenvalue weighted by molar-refractivity contribution is 7.91. The maximum absolute atomic E-state index is 12.8. The molecule has 1 fully saturated rings. The molecule has 0 spiro atoms. The average molecular weight is 435 g/mol. The number of hydrogen-bond acceptors (Lipinski definition) is 5. The summed E-state index contributed by atoms with van der Waals surface area (Å²) in [6, 6.07) is 9.82. The van der Waals surface area contributed by atoms with Crippen LogP contribution in [0.25, 0.3) is 0 Å². The van der Waals surface area contributed by atoms with Gasteiger partial charge in [-0.3, -0.25) is 0 Å².